The van der Waals surface area contributed by atoms with Gasteiger partial charge < -0.3 is 29.6 Å². The fourth-order valence-corrected chi connectivity index (χ4v) is 3.56. The average molecular weight is 486 g/mol. The monoisotopic (exact) mass is 485 g/mol. The number of hydrogen-bond acceptors (Lipinski definition) is 7. The van der Waals surface area contributed by atoms with E-state index in [1.54, 1.807) is 50.6 Å². The molecule has 2 aromatic rings. The van der Waals surface area contributed by atoms with Crippen LogP contribution < -0.4 is 15.4 Å². The zero-order chi connectivity index (χ0) is 25.0. The van der Waals surface area contributed by atoms with Crippen LogP contribution in [0.3, 0.4) is 0 Å². The molecule has 3 rings (SSSR count). The van der Waals surface area contributed by atoms with Crippen LogP contribution in [0.15, 0.2) is 48.0 Å². The lowest BCUT2D eigenvalue weighted by atomic mass is 10.1. The van der Waals surface area contributed by atoms with Crippen molar-refractivity contribution in [3.8, 4) is 5.75 Å². The molecule has 0 aliphatic carbocycles. The molecule has 0 saturated carbocycles. The summed E-state index contributed by atoms with van der Waals surface area (Å²) >= 11 is 0. The normalized spacial score (nSPS) is 15.3. The van der Waals surface area contributed by atoms with E-state index in [4.69, 9.17) is 18.9 Å². The molecule has 1 aliphatic heterocycles. The summed E-state index contributed by atoms with van der Waals surface area (Å²) in [6.45, 7) is 7.55. The first-order valence-corrected chi connectivity index (χ1v) is 11.5. The Labute approximate surface area is 205 Å². The molecule has 188 valence electrons. The Morgan fingerprint density at radius 3 is 2.63 bits per heavy atom. The van der Waals surface area contributed by atoms with Crippen LogP contribution in [-0.4, -0.2) is 58.4 Å². The molecule has 1 unspecified atom stereocenters. The molecule has 35 heavy (non-hydrogen) atoms. The molecule has 0 radical (unpaired) electrons. The first-order valence-electron chi connectivity index (χ1n) is 11.5. The lowest BCUT2D eigenvalue weighted by Gasteiger charge is -2.15. The van der Waals surface area contributed by atoms with E-state index in [2.05, 4.69) is 22.2 Å². The highest BCUT2D eigenvalue weighted by atomic mass is 19.1. The van der Waals surface area contributed by atoms with Gasteiger partial charge in [-0.15, -0.1) is 0 Å². The lowest BCUT2D eigenvalue weighted by Crippen LogP contribution is -2.22. The second kappa shape index (κ2) is 13.6. The van der Waals surface area contributed by atoms with E-state index in [0.717, 1.165) is 19.4 Å². The molecular formula is C26H32FN3O5. The fraction of sp³-hybridized carbons (Fsp3) is 0.385. The molecule has 1 atom stereocenters. The number of aliphatic imine (C=N–C) groups is 1. The van der Waals surface area contributed by atoms with E-state index in [9.17, 15) is 9.18 Å². The van der Waals surface area contributed by atoms with Gasteiger partial charge in [-0.1, -0.05) is 6.58 Å². The third-order valence-corrected chi connectivity index (χ3v) is 5.19. The molecule has 0 spiro atoms. The highest BCUT2D eigenvalue weighted by molar-refractivity contribution is 5.92. The Kier molecular flexibility index (Phi) is 10.2. The quantitative estimate of drug-likeness (QED) is 0.313. The minimum absolute atomic E-state index is 0.0398. The van der Waals surface area contributed by atoms with Gasteiger partial charge >= 0.3 is 0 Å². The lowest BCUT2D eigenvalue weighted by molar-refractivity contribution is -0.121. The van der Waals surface area contributed by atoms with Crippen LogP contribution in [0.25, 0.3) is 5.70 Å². The molecule has 0 bridgehead atoms. The highest BCUT2D eigenvalue weighted by Gasteiger charge is 2.17. The predicted molar refractivity (Wildman–Crippen MR) is 135 cm³/mol. The molecular weight excluding hydrogens is 453 g/mol. The van der Waals surface area contributed by atoms with E-state index >= 15 is 0 Å². The summed E-state index contributed by atoms with van der Waals surface area (Å²) in [6, 6.07) is 9.95. The fourth-order valence-electron chi connectivity index (χ4n) is 3.56. The van der Waals surface area contributed by atoms with Gasteiger partial charge in [0.25, 0.3) is 0 Å². The Morgan fingerprint density at radius 1 is 1.23 bits per heavy atom. The number of amides is 1. The molecule has 1 aliphatic rings. The molecule has 1 heterocycles. The molecule has 0 aromatic heterocycles. The third-order valence-electron chi connectivity index (χ3n) is 5.19. The van der Waals surface area contributed by atoms with Crippen LogP contribution in [0.5, 0.6) is 5.75 Å². The maximum absolute atomic E-state index is 15.0. The number of nitrogens with zero attached hydrogens (tertiary/aromatic N) is 1. The summed E-state index contributed by atoms with van der Waals surface area (Å²) in [4.78, 5) is 16.4. The number of carbonyl (C=O) groups excluding carboxylic acids is 1. The van der Waals surface area contributed by atoms with Crippen LogP contribution in [0.4, 0.5) is 21.5 Å². The van der Waals surface area contributed by atoms with Gasteiger partial charge in [0.05, 0.1) is 30.6 Å². The van der Waals surface area contributed by atoms with Gasteiger partial charge in [0, 0.05) is 49.1 Å². The Morgan fingerprint density at radius 2 is 1.97 bits per heavy atom. The first-order chi connectivity index (χ1) is 17.0. The molecule has 1 amide bonds. The SMILES string of the molecule is C=C(Nc1ccc(NC(=O)COCC2CCCO2)cc1)c1c(F)cc(OCCOC)cc1N=CC. The van der Waals surface area contributed by atoms with Crippen LogP contribution in [-0.2, 0) is 19.0 Å². The van der Waals surface area contributed by atoms with E-state index in [1.807, 2.05) is 0 Å². The van der Waals surface area contributed by atoms with Gasteiger partial charge in [0.15, 0.2) is 0 Å². The number of halogens is 1. The van der Waals surface area contributed by atoms with Crippen LogP contribution >= 0.6 is 0 Å². The van der Waals surface area contributed by atoms with Crippen molar-refractivity contribution in [1.82, 2.24) is 0 Å². The topological polar surface area (TPSA) is 90.4 Å². The Bertz CT molecular complexity index is 1020. The van der Waals surface area contributed by atoms with Crippen molar-refractivity contribution in [2.24, 2.45) is 4.99 Å². The number of hydrogen-bond donors (Lipinski definition) is 2. The van der Waals surface area contributed by atoms with Crippen molar-refractivity contribution < 1.29 is 28.1 Å². The average Bonchev–Trinajstić information content (AvgIpc) is 3.34. The predicted octanol–water partition coefficient (Wildman–Crippen LogP) is 4.79. The van der Waals surface area contributed by atoms with E-state index in [0.29, 0.717) is 48.3 Å². The van der Waals surface area contributed by atoms with E-state index < -0.39 is 5.82 Å². The number of rotatable bonds is 13. The third kappa shape index (κ3) is 8.17. The number of carbonyl (C=O) groups is 1. The van der Waals surface area contributed by atoms with Crippen molar-refractivity contribution in [3.63, 3.8) is 0 Å². The summed E-state index contributed by atoms with van der Waals surface area (Å²) in [5.41, 5.74) is 2.26. The summed E-state index contributed by atoms with van der Waals surface area (Å²) in [5.74, 6) is -0.397. The molecule has 2 N–H and O–H groups in total. The van der Waals surface area contributed by atoms with Crippen LogP contribution in [0.1, 0.15) is 25.3 Å². The van der Waals surface area contributed by atoms with Crippen molar-refractivity contribution in [2.45, 2.75) is 25.9 Å². The number of ether oxygens (including phenoxy) is 4. The van der Waals surface area contributed by atoms with E-state index in [1.165, 1.54) is 6.07 Å². The van der Waals surface area contributed by atoms with E-state index in [-0.39, 0.29) is 24.2 Å². The Balaban J connectivity index is 1.57. The van der Waals surface area contributed by atoms with Crippen LogP contribution in [0.2, 0.25) is 0 Å². The molecule has 1 fully saturated rings. The summed E-state index contributed by atoms with van der Waals surface area (Å²) in [7, 11) is 1.57. The second-order valence-corrected chi connectivity index (χ2v) is 7.91. The van der Waals surface area contributed by atoms with Crippen LogP contribution in [0, 0.1) is 5.82 Å². The standard InChI is InChI=1S/C26H32FN3O5/c1-4-28-24-15-22(35-13-12-32-3)14-23(27)26(24)18(2)29-19-7-9-20(10-8-19)30-25(31)17-33-16-21-6-5-11-34-21/h4,7-10,14-15,21,29H,2,5-6,11-13,16-17H2,1,3H3,(H,30,31). The maximum Gasteiger partial charge on any atom is 0.250 e. The first kappa shape index (κ1) is 26.3. The number of benzene rings is 2. The second-order valence-electron chi connectivity index (χ2n) is 7.91. The molecule has 8 nitrogen and oxygen atoms in total. The van der Waals surface area contributed by atoms with Crippen molar-refractivity contribution >= 4 is 34.9 Å². The molecule has 9 heteroatoms. The number of nitrogens with one attached hydrogen (secondary N) is 2. The van der Waals surface area contributed by atoms with Crippen molar-refractivity contribution in [2.75, 3.05) is 50.8 Å². The summed E-state index contributed by atoms with van der Waals surface area (Å²) in [5, 5.41) is 5.88. The van der Waals surface area contributed by atoms with Gasteiger partial charge in [-0.25, -0.2) is 4.39 Å². The van der Waals surface area contributed by atoms with Crippen molar-refractivity contribution in [3.05, 3.63) is 54.4 Å². The minimum Gasteiger partial charge on any atom is -0.491 e. The zero-order valence-electron chi connectivity index (χ0n) is 20.1. The summed E-state index contributed by atoms with van der Waals surface area (Å²) in [6.07, 6.45) is 3.64. The van der Waals surface area contributed by atoms with Gasteiger partial charge in [0.1, 0.15) is 24.8 Å². The maximum atomic E-state index is 15.0. The number of anilines is 2. The molecule has 1 saturated heterocycles. The zero-order valence-corrected chi connectivity index (χ0v) is 20.1. The van der Waals surface area contributed by atoms with Gasteiger partial charge in [0.2, 0.25) is 5.91 Å². The van der Waals surface area contributed by atoms with Gasteiger partial charge in [-0.2, -0.15) is 0 Å². The highest BCUT2D eigenvalue weighted by Crippen LogP contribution is 2.33. The minimum atomic E-state index is -0.509. The Hall–Kier alpha value is -3.27. The summed E-state index contributed by atoms with van der Waals surface area (Å²) < 4.78 is 36.3. The smallest absolute Gasteiger partial charge is 0.250 e. The van der Waals surface area contributed by atoms with Crippen molar-refractivity contribution in [1.29, 1.82) is 0 Å². The molecule has 2 aromatic carbocycles. The van der Waals surface area contributed by atoms with Gasteiger partial charge in [-0.3, -0.25) is 9.79 Å². The van der Waals surface area contributed by atoms with Gasteiger partial charge in [-0.05, 0) is 44.0 Å². The number of methoxy groups -OCH3 is 1. The largest absolute Gasteiger partial charge is 0.491 e.